The number of hydrogen-bond donors (Lipinski definition) is 0. The van der Waals surface area contributed by atoms with Crippen LogP contribution >= 0.6 is 0 Å². The Morgan fingerprint density at radius 1 is 0.818 bits per heavy atom. The molecule has 3 aliphatic rings. The molecule has 106 valence electrons. The molecule has 2 atom stereocenters. The van der Waals surface area contributed by atoms with Gasteiger partial charge in [-0.05, 0) is 29.5 Å². The molecule has 0 heterocycles. The van der Waals surface area contributed by atoms with Crippen LogP contribution in [0, 0.1) is 0 Å². The van der Waals surface area contributed by atoms with Gasteiger partial charge in [-0.2, -0.15) is 0 Å². The summed E-state index contributed by atoms with van der Waals surface area (Å²) in [5.74, 6) is 0.287. The molecule has 0 aromatic heterocycles. The second-order valence-corrected chi connectivity index (χ2v) is 6.33. The molecule has 0 aliphatic heterocycles. The fraction of sp³-hybridized carbons (Fsp3) is 0.200. The van der Waals surface area contributed by atoms with Crippen LogP contribution in [0.15, 0.2) is 59.7 Å². The Hall–Kier alpha value is -2.48. The van der Waals surface area contributed by atoms with Crippen molar-refractivity contribution in [2.45, 2.75) is 24.7 Å². The van der Waals surface area contributed by atoms with E-state index in [1.54, 1.807) is 0 Å². The Bertz CT molecular complexity index is 888. The van der Waals surface area contributed by atoms with E-state index in [0.717, 1.165) is 46.2 Å². The Morgan fingerprint density at radius 3 is 2.32 bits per heavy atom. The standard InChI is InChI=1S/C20H14O2/c21-19-15-8-4-2-6-12(15)18-17-13(9-10-16(17)19)11-5-1-3-7-14(11)20(18)22/h1-8,13,18H,9-10H2/t13-,18+/m1/s1. The van der Waals surface area contributed by atoms with Gasteiger partial charge < -0.3 is 0 Å². The van der Waals surface area contributed by atoms with Crippen LogP contribution in [-0.2, 0) is 0 Å². The van der Waals surface area contributed by atoms with Crippen LogP contribution in [0.25, 0.3) is 0 Å². The van der Waals surface area contributed by atoms with E-state index in [1.807, 2.05) is 42.5 Å². The summed E-state index contributed by atoms with van der Waals surface area (Å²) in [4.78, 5) is 25.9. The van der Waals surface area contributed by atoms with E-state index in [4.69, 9.17) is 0 Å². The molecule has 0 fully saturated rings. The number of allylic oxidation sites excluding steroid dienone is 2. The molecule has 0 unspecified atom stereocenters. The molecule has 0 amide bonds. The van der Waals surface area contributed by atoms with Gasteiger partial charge in [-0.15, -0.1) is 0 Å². The molecule has 3 aliphatic carbocycles. The second-order valence-electron chi connectivity index (χ2n) is 6.33. The molecular formula is C20H14O2. The molecule has 2 heteroatoms. The fourth-order valence-corrected chi connectivity index (χ4v) is 4.49. The first kappa shape index (κ1) is 12.1. The lowest BCUT2D eigenvalue weighted by Gasteiger charge is -2.34. The lowest BCUT2D eigenvalue weighted by Crippen LogP contribution is -2.30. The lowest BCUT2D eigenvalue weighted by molar-refractivity contribution is 0.0957. The molecule has 0 bridgehead atoms. The predicted octanol–water partition coefficient (Wildman–Crippen LogP) is 4.04. The van der Waals surface area contributed by atoms with E-state index in [-0.39, 0.29) is 23.4 Å². The van der Waals surface area contributed by atoms with Gasteiger partial charge in [-0.1, -0.05) is 48.5 Å². The minimum Gasteiger partial charge on any atom is -0.293 e. The molecule has 2 aromatic rings. The van der Waals surface area contributed by atoms with Crippen LogP contribution in [0.5, 0.6) is 0 Å². The largest absolute Gasteiger partial charge is 0.293 e. The van der Waals surface area contributed by atoms with E-state index in [1.165, 1.54) is 0 Å². The SMILES string of the molecule is O=C1C2=C3[C@@H](C(=O)c4ccccc4[C@H]3CC2)c2ccccc21. The summed E-state index contributed by atoms with van der Waals surface area (Å²) in [6, 6.07) is 15.5. The highest BCUT2D eigenvalue weighted by atomic mass is 16.1. The normalized spacial score (nSPS) is 24.9. The van der Waals surface area contributed by atoms with Crippen molar-refractivity contribution >= 4 is 11.6 Å². The van der Waals surface area contributed by atoms with Gasteiger partial charge in [-0.25, -0.2) is 0 Å². The van der Waals surface area contributed by atoms with E-state index in [0.29, 0.717) is 0 Å². The van der Waals surface area contributed by atoms with Gasteiger partial charge in [0.25, 0.3) is 0 Å². The summed E-state index contributed by atoms with van der Waals surface area (Å²) in [6.45, 7) is 0. The minimum atomic E-state index is -0.244. The molecule has 0 N–H and O–H groups in total. The first-order valence-electron chi connectivity index (χ1n) is 7.77. The number of hydrogen-bond acceptors (Lipinski definition) is 2. The molecule has 5 rings (SSSR count). The summed E-state index contributed by atoms with van der Waals surface area (Å²) in [5, 5.41) is 0. The number of carbonyl (C=O) groups excluding carboxylic acids is 2. The lowest BCUT2D eigenvalue weighted by atomic mass is 9.67. The number of Topliss-reactive ketones (excluding diaryl/α,β-unsaturated/α-hetero) is 2. The molecule has 2 nitrogen and oxygen atoms in total. The summed E-state index contributed by atoms with van der Waals surface area (Å²) in [6.07, 6.45) is 1.75. The Balaban J connectivity index is 1.86. The van der Waals surface area contributed by atoms with Gasteiger partial charge in [0.2, 0.25) is 0 Å². The monoisotopic (exact) mass is 286 g/mol. The van der Waals surface area contributed by atoms with E-state index in [9.17, 15) is 9.59 Å². The highest BCUT2D eigenvalue weighted by molar-refractivity contribution is 6.18. The van der Waals surface area contributed by atoms with Crippen molar-refractivity contribution in [3.63, 3.8) is 0 Å². The highest BCUT2D eigenvalue weighted by Gasteiger charge is 2.47. The van der Waals surface area contributed by atoms with Crippen LogP contribution in [0.2, 0.25) is 0 Å². The molecule has 0 saturated heterocycles. The van der Waals surface area contributed by atoms with Crippen molar-refractivity contribution < 1.29 is 9.59 Å². The van der Waals surface area contributed by atoms with Gasteiger partial charge in [0.15, 0.2) is 11.6 Å². The Kier molecular flexibility index (Phi) is 2.22. The molecule has 0 radical (unpaired) electrons. The molecule has 0 saturated carbocycles. The summed E-state index contributed by atoms with van der Waals surface area (Å²) in [5.41, 5.74) is 5.56. The average Bonchev–Trinajstić information content (AvgIpc) is 3.00. The minimum absolute atomic E-state index is 0.136. The molecule has 2 aromatic carbocycles. The number of ketones is 2. The maximum atomic E-state index is 13.1. The number of benzene rings is 2. The molecule has 0 spiro atoms. The first-order chi connectivity index (χ1) is 10.8. The van der Waals surface area contributed by atoms with Gasteiger partial charge in [0.05, 0.1) is 5.92 Å². The first-order valence-corrected chi connectivity index (χ1v) is 7.77. The van der Waals surface area contributed by atoms with E-state index in [2.05, 4.69) is 6.07 Å². The maximum Gasteiger partial charge on any atom is 0.189 e. The number of fused-ring (bicyclic) bond motifs is 4. The summed E-state index contributed by atoms with van der Waals surface area (Å²) < 4.78 is 0. The van der Waals surface area contributed by atoms with Crippen molar-refractivity contribution in [2.24, 2.45) is 0 Å². The van der Waals surface area contributed by atoms with Crippen LogP contribution in [0.4, 0.5) is 0 Å². The fourth-order valence-electron chi connectivity index (χ4n) is 4.49. The van der Waals surface area contributed by atoms with Crippen molar-refractivity contribution in [3.8, 4) is 0 Å². The van der Waals surface area contributed by atoms with Crippen molar-refractivity contribution in [2.75, 3.05) is 0 Å². The van der Waals surface area contributed by atoms with Crippen LogP contribution < -0.4 is 0 Å². The van der Waals surface area contributed by atoms with Crippen LogP contribution in [0.1, 0.15) is 56.5 Å². The van der Waals surface area contributed by atoms with Crippen molar-refractivity contribution in [1.82, 2.24) is 0 Å². The third kappa shape index (κ3) is 1.31. The van der Waals surface area contributed by atoms with Crippen molar-refractivity contribution in [3.05, 3.63) is 81.9 Å². The topological polar surface area (TPSA) is 34.1 Å². The zero-order valence-electron chi connectivity index (χ0n) is 12.0. The summed E-state index contributed by atoms with van der Waals surface area (Å²) in [7, 11) is 0. The molecular weight excluding hydrogens is 272 g/mol. The number of rotatable bonds is 0. The molecule has 22 heavy (non-hydrogen) atoms. The Labute approximate surface area is 128 Å². The summed E-state index contributed by atoms with van der Waals surface area (Å²) >= 11 is 0. The zero-order valence-corrected chi connectivity index (χ0v) is 12.0. The third-order valence-electron chi connectivity index (χ3n) is 5.37. The quantitative estimate of drug-likeness (QED) is 0.732. The highest BCUT2D eigenvalue weighted by Crippen LogP contribution is 2.55. The van der Waals surface area contributed by atoms with Crippen LogP contribution in [-0.4, -0.2) is 11.6 Å². The average molecular weight is 286 g/mol. The van der Waals surface area contributed by atoms with Gasteiger partial charge in [0, 0.05) is 22.6 Å². The second kappa shape index (κ2) is 4.04. The van der Waals surface area contributed by atoms with E-state index >= 15 is 0 Å². The smallest absolute Gasteiger partial charge is 0.189 e. The zero-order chi connectivity index (χ0) is 14.8. The van der Waals surface area contributed by atoms with Gasteiger partial charge >= 0.3 is 0 Å². The van der Waals surface area contributed by atoms with Crippen LogP contribution in [0.3, 0.4) is 0 Å². The maximum absolute atomic E-state index is 13.1. The predicted molar refractivity (Wildman–Crippen MR) is 83.3 cm³/mol. The van der Waals surface area contributed by atoms with Crippen molar-refractivity contribution in [1.29, 1.82) is 0 Å². The van der Waals surface area contributed by atoms with Gasteiger partial charge in [0.1, 0.15) is 0 Å². The third-order valence-corrected chi connectivity index (χ3v) is 5.37. The van der Waals surface area contributed by atoms with Gasteiger partial charge in [-0.3, -0.25) is 9.59 Å². The number of carbonyl (C=O) groups is 2. The van der Waals surface area contributed by atoms with E-state index < -0.39 is 0 Å². The Morgan fingerprint density at radius 2 is 1.50 bits per heavy atom.